The van der Waals surface area contributed by atoms with Gasteiger partial charge < -0.3 is 4.42 Å². The lowest BCUT2D eigenvalue weighted by atomic mass is 9.88. The van der Waals surface area contributed by atoms with Gasteiger partial charge in [0, 0.05) is 28.1 Å². The molecule has 0 unspecified atom stereocenters. The van der Waals surface area contributed by atoms with Crippen molar-refractivity contribution in [1.82, 2.24) is 4.98 Å². The predicted octanol–water partition coefficient (Wildman–Crippen LogP) is 9.15. The van der Waals surface area contributed by atoms with Crippen LogP contribution in [-0.4, -0.2) is 4.98 Å². The van der Waals surface area contributed by atoms with Gasteiger partial charge in [-0.2, -0.15) is 5.26 Å². The summed E-state index contributed by atoms with van der Waals surface area (Å²) in [7, 11) is 0. The zero-order valence-electron chi connectivity index (χ0n) is 21.1. The third-order valence-corrected chi connectivity index (χ3v) is 6.97. The van der Waals surface area contributed by atoms with Crippen molar-refractivity contribution >= 4 is 21.9 Å². The number of pyridine rings is 1. The van der Waals surface area contributed by atoms with Gasteiger partial charge in [-0.3, -0.25) is 4.98 Å². The monoisotopic (exact) mass is 478 g/mol. The van der Waals surface area contributed by atoms with E-state index >= 15 is 0 Å². The number of rotatable bonds is 3. The minimum Gasteiger partial charge on any atom is -0.455 e. The van der Waals surface area contributed by atoms with E-state index in [1.165, 1.54) is 5.56 Å². The average molecular weight is 479 g/mol. The number of hydrogen-bond acceptors (Lipinski definition) is 3. The van der Waals surface area contributed by atoms with Crippen molar-refractivity contribution in [2.45, 2.75) is 26.2 Å². The summed E-state index contributed by atoms with van der Waals surface area (Å²) >= 11 is 0. The van der Waals surface area contributed by atoms with Gasteiger partial charge in [0.15, 0.2) is 0 Å². The summed E-state index contributed by atoms with van der Waals surface area (Å²) in [5, 5.41) is 12.0. The first kappa shape index (κ1) is 22.8. The Balaban J connectivity index is 1.52. The Labute approximate surface area is 216 Å². The fraction of sp³-hybridized carbons (Fsp3) is 0.118. The molecular weight excluding hydrogens is 452 g/mol. The maximum Gasteiger partial charge on any atom is 0.144 e. The van der Waals surface area contributed by atoms with Gasteiger partial charge >= 0.3 is 0 Å². The highest BCUT2D eigenvalue weighted by Crippen LogP contribution is 2.41. The number of benzene rings is 4. The number of aromatic nitrogens is 1. The molecule has 6 aromatic rings. The molecule has 178 valence electrons. The predicted molar refractivity (Wildman–Crippen MR) is 151 cm³/mol. The first-order chi connectivity index (χ1) is 17.9. The summed E-state index contributed by atoms with van der Waals surface area (Å²) in [5.41, 5.74) is 9.19. The summed E-state index contributed by atoms with van der Waals surface area (Å²) in [6.07, 6.45) is 1.95. The third kappa shape index (κ3) is 3.97. The molecule has 3 heteroatoms. The fourth-order valence-corrected chi connectivity index (χ4v) is 4.90. The Hall–Kier alpha value is -4.68. The molecule has 0 saturated heterocycles. The molecule has 0 spiro atoms. The third-order valence-electron chi connectivity index (χ3n) is 6.97. The molecular formula is C34H26N2O. The molecule has 0 N–H and O–H groups in total. The van der Waals surface area contributed by atoms with Crippen molar-refractivity contribution in [2.24, 2.45) is 0 Å². The van der Waals surface area contributed by atoms with Crippen molar-refractivity contribution in [3.8, 4) is 39.6 Å². The van der Waals surface area contributed by atoms with Crippen molar-refractivity contribution in [1.29, 1.82) is 5.26 Å². The second-order valence-electron chi connectivity index (χ2n) is 10.4. The van der Waals surface area contributed by atoms with Gasteiger partial charge in [-0.25, -0.2) is 0 Å². The summed E-state index contributed by atoms with van der Waals surface area (Å²) in [5.74, 6) is 0. The van der Waals surface area contributed by atoms with Crippen molar-refractivity contribution in [2.75, 3.05) is 0 Å². The minimum absolute atomic E-state index is 0.0373. The van der Waals surface area contributed by atoms with E-state index in [2.05, 4.69) is 81.4 Å². The van der Waals surface area contributed by atoms with Crippen LogP contribution >= 0.6 is 0 Å². The van der Waals surface area contributed by atoms with Crippen LogP contribution in [0.2, 0.25) is 0 Å². The topological polar surface area (TPSA) is 49.8 Å². The standard InChI is InChI=1S/C34H26N2O/c1-34(2,3)26-17-19-30(36-21-26)29-11-7-10-27-28-18-16-25(20-35)31(33(28)37-32(27)29)24-14-12-23(13-15-24)22-8-5-4-6-9-22/h4-19,21H,1-3H3. The average Bonchev–Trinajstić information content (AvgIpc) is 3.31. The van der Waals surface area contributed by atoms with Crippen LogP contribution in [0, 0.1) is 11.3 Å². The second-order valence-corrected chi connectivity index (χ2v) is 10.4. The lowest BCUT2D eigenvalue weighted by Gasteiger charge is -2.18. The molecule has 6 rings (SSSR count). The van der Waals surface area contributed by atoms with E-state index in [0.717, 1.165) is 55.4 Å². The van der Waals surface area contributed by atoms with Gasteiger partial charge in [0.2, 0.25) is 0 Å². The quantitative estimate of drug-likeness (QED) is 0.255. The summed E-state index contributed by atoms with van der Waals surface area (Å²) in [6.45, 7) is 6.55. The van der Waals surface area contributed by atoms with Gasteiger partial charge in [-0.1, -0.05) is 93.6 Å². The van der Waals surface area contributed by atoms with E-state index in [0.29, 0.717) is 5.56 Å². The van der Waals surface area contributed by atoms with Crippen LogP contribution in [0.15, 0.2) is 108 Å². The SMILES string of the molecule is CC(C)(C)c1ccc(-c2cccc3c2oc2c(-c4ccc(-c5ccccc5)cc4)c(C#N)ccc23)nc1. The van der Waals surface area contributed by atoms with E-state index < -0.39 is 0 Å². The van der Waals surface area contributed by atoms with E-state index in [1.807, 2.05) is 48.7 Å². The Morgan fingerprint density at radius 3 is 2.05 bits per heavy atom. The smallest absolute Gasteiger partial charge is 0.144 e. The lowest BCUT2D eigenvalue weighted by Crippen LogP contribution is -2.11. The Bertz CT molecular complexity index is 1780. The lowest BCUT2D eigenvalue weighted by molar-refractivity contribution is 0.587. The molecule has 2 aromatic heterocycles. The summed E-state index contributed by atoms with van der Waals surface area (Å²) in [4.78, 5) is 4.78. The minimum atomic E-state index is 0.0373. The number of furan rings is 1. The molecule has 2 heterocycles. The zero-order chi connectivity index (χ0) is 25.6. The maximum absolute atomic E-state index is 9.97. The summed E-state index contributed by atoms with van der Waals surface area (Å²) < 4.78 is 6.59. The van der Waals surface area contributed by atoms with Crippen LogP contribution in [-0.2, 0) is 5.41 Å². The molecule has 0 bridgehead atoms. The van der Waals surface area contributed by atoms with Crippen molar-refractivity contribution in [3.63, 3.8) is 0 Å². The van der Waals surface area contributed by atoms with E-state index in [-0.39, 0.29) is 5.41 Å². The molecule has 0 fully saturated rings. The fourth-order valence-electron chi connectivity index (χ4n) is 4.90. The van der Waals surface area contributed by atoms with Gasteiger partial charge in [0.1, 0.15) is 11.2 Å². The van der Waals surface area contributed by atoms with E-state index in [4.69, 9.17) is 9.40 Å². The molecule has 0 atom stereocenters. The molecule has 37 heavy (non-hydrogen) atoms. The molecule has 4 aromatic carbocycles. The molecule has 0 saturated carbocycles. The first-order valence-electron chi connectivity index (χ1n) is 12.4. The molecule has 0 aliphatic carbocycles. The molecule has 0 aliphatic heterocycles. The molecule has 3 nitrogen and oxygen atoms in total. The molecule has 0 aliphatic rings. The number of hydrogen-bond donors (Lipinski definition) is 0. The van der Waals surface area contributed by atoms with Crippen LogP contribution < -0.4 is 0 Å². The summed E-state index contributed by atoms with van der Waals surface area (Å²) in [6, 6.07) is 35.2. The highest BCUT2D eigenvalue weighted by molar-refractivity contribution is 6.13. The molecule has 0 amide bonds. The van der Waals surface area contributed by atoms with Gasteiger partial charge in [-0.15, -0.1) is 0 Å². The Morgan fingerprint density at radius 1 is 0.676 bits per heavy atom. The van der Waals surface area contributed by atoms with E-state index in [9.17, 15) is 5.26 Å². The van der Waals surface area contributed by atoms with Crippen LogP contribution in [0.1, 0.15) is 31.9 Å². The molecule has 0 radical (unpaired) electrons. The largest absolute Gasteiger partial charge is 0.455 e. The number of nitrogens with zero attached hydrogens (tertiary/aromatic N) is 2. The Morgan fingerprint density at radius 2 is 1.38 bits per heavy atom. The van der Waals surface area contributed by atoms with Crippen molar-refractivity contribution in [3.05, 3.63) is 114 Å². The Kier molecular flexibility index (Phi) is 5.39. The second kappa shape index (κ2) is 8.76. The normalized spacial score (nSPS) is 11.6. The van der Waals surface area contributed by atoms with Crippen LogP contribution in [0.5, 0.6) is 0 Å². The van der Waals surface area contributed by atoms with Gasteiger partial charge in [-0.05, 0) is 51.9 Å². The number of para-hydroxylation sites is 1. The van der Waals surface area contributed by atoms with E-state index in [1.54, 1.807) is 0 Å². The first-order valence-corrected chi connectivity index (χ1v) is 12.4. The van der Waals surface area contributed by atoms with Crippen LogP contribution in [0.4, 0.5) is 0 Å². The zero-order valence-corrected chi connectivity index (χ0v) is 21.1. The number of fused-ring (bicyclic) bond motifs is 3. The van der Waals surface area contributed by atoms with Crippen LogP contribution in [0.25, 0.3) is 55.4 Å². The van der Waals surface area contributed by atoms with Crippen molar-refractivity contribution < 1.29 is 4.42 Å². The highest BCUT2D eigenvalue weighted by atomic mass is 16.3. The number of nitriles is 1. The maximum atomic E-state index is 9.97. The highest BCUT2D eigenvalue weighted by Gasteiger charge is 2.20. The van der Waals surface area contributed by atoms with Crippen LogP contribution in [0.3, 0.4) is 0 Å². The van der Waals surface area contributed by atoms with Gasteiger partial charge in [0.25, 0.3) is 0 Å². The van der Waals surface area contributed by atoms with Gasteiger partial charge in [0.05, 0.1) is 17.3 Å².